The Bertz CT molecular complexity index is 529. The minimum absolute atomic E-state index is 0.996. The maximum Gasteiger partial charge on any atom is 0.0321 e. The van der Waals surface area contributed by atoms with Crippen LogP contribution in [0.3, 0.4) is 0 Å². The van der Waals surface area contributed by atoms with Crippen LogP contribution in [0.4, 0.5) is 0 Å². The summed E-state index contributed by atoms with van der Waals surface area (Å²) in [5, 5.41) is 2.52. The second-order valence-corrected chi connectivity index (χ2v) is 4.07. The molecule has 0 heteroatoms. The molecular formula is C16H16. The standard InChI is InChI=1S/C16H16/c1-3-5-8-14-12-11-13(4-2)15-9-6-7-10-16(14)15/h2,6-7,9-12H,3,5,8H2,1H3. The molecule has 80 valence electrons. The molecule has 2 rings (SSSR count). The van der Waals surface area contributed by atoms with Gasteiger partial charge in [-0.25, -0.2) is 0 Å². The lowest BCUT2D eigenvalue weighted by Crippen LogP contribution is -1.89. The maximum absolute atomic E-state index is 5.52. The second-order valence-electron chi connectivity index (χ2n) is 4.07. The van der Waals surface area contributed by atoms with Crippen molar-refractivity contribution in [3.8, 4) is 12.3 Å². The molecule has 0 atom stereocenters. The van der Waals surface area contributed by atoms with Gasteiger partial charge in [0.1, 0.15) is 0 Å². The minimum atomic E-state index is 0.996. The van der Waals surface area contributed by atoms with Gasteiger partial charge in [0.15, 0.2) is 0 Å². The lowest BCUT2D eigenvalue weighted by Gasteiger charge is -2.07. The zero-order valence-corrected chi connectivity index (χ0v) is 9.66. The van der Waals surface area contributed by atoms with Crippen molar-refractivity contribution in [2.75, 3.05) is 0 Å². The Hall–Kier alpha value is -1.74. The van der Waals surface area contributed by atoms with Gasteiger partial charge in [0.25, 0.3) is 0 Å². The third-order valence-electron chi connectivity index (χ3n) is 2.97. The van der Waals surface area contributed by atoms with E-state index in [2.05, 4.69) is 43.2 Å². The first-order valence-corrected chi connectivity index (χ1v) is 5.84. The predicted octanol–water partition coefficient (Wildman–Crippen LogP) is 4.16. The fraction of sp³-hybridized carbons (Fsp3) is 0.250. The Balaban J connectivity index is 2.57. The average Bonchev–Trinajstić information content (AvgIpc) is 2.36. The van der Waals surface area contributed by atoms with Crippen LogP contribution >= 0.6 is 0 Å². The topological polar surface area (TPSA) is 0 Å². The van der Waals surface area contributed by atoms with E-state index < -0.39 is 0 Å². The van der Waals surface area contributed by atoms with Crippen LogP contribution < -0.4 is 0 Å². The van der Waals surface area contributed by atoms with Gasteiger partial charge in [-0.15, -0.1) is 6.42 Å². The molecule has 0 heterocycles. The second kappa shape index (κ2) is 4.86. The van der Waals surface area contributed by atoms with Gasteiger partial charge < -0.3 is 0 Å². The van der Waals surface area contributed by atoms with Crippen LogP contribution in [0.1, 0.15) is 30.9 Å². The number of terminal acetylenes is 1. The summed E-state index contributed by atoms with van der Waals surface area (Å²) in [5.74, 6) is 2.75. The molecule has 0 nitrogen and oxygen atoms in total. The maximum atomic E-state index is 5.52. The van der Waals surface area contributed by atoms with Gasteiger partial charge in [-0.3, -0.25) is 0 Å². The Morgan fingerprint density at radius 1 is 1.06 bits per heavy atom. The van der Waals surface area contributed by atoms with Crippen LogP contribution in [0.15, 0.2) is 36.4 Å². The molecular weight excluding hydrogens is 192 g/mol. The third-order valence-corrected chi connectivity index (χ3v) is 2.97. The molecule has 0 amide bonds. The first-order valence-electron chi connectivity index (χ1n) is 5.84. The van der Waals surface area contributed by atoms with Gasteiger partial charge in [0, 0.05) is 5.56 Å². The molecule has 0 aromatic heterocycles. The molecule has 0 aliphatic rings. The highest BCUT2D eigenvalue weighted by atomic mass is 14.1. The van der Waals surface area contributed by atoms with Gasteiger partial charge in [-0.2, -0.15) is 0 Å². The number of fused-ring (bicyclic) bond motifs is 1. The van der Waals surface area contributed by atoms with Crippen molar-refractivity contribution in [1.82, 2.24) is 0 Å². The van der Waals surface area contributed by atoms with Crippen LogP contribution in [0.2, 0.25) is 0 Å². The minimum Gasteiger partial charge on any atom is -0.115 e. The summed E-state index contributed by atoms with van der Waals surface area (Å²) in [6.07, 6.45) is 9.12. The van der Waals surface area contributed by atoms with Crippen molar-refractivity contribution in [1.29, 1.82) is 0 Å². The number of benzene rings is 2. The van der Waals surface area contributed by atoms with Crippen LogP contribution in [0, 0.1) is 12.3 Å². The first kappa shape index (κ1) is 10.8. The SMILES string of the molecule is C#Cc1ccc(CCCC)c2ccccc12. The molecule has 0 spiro atoms. The van der Waals surface area contributed by atoms with E-state index in [0.29, 0.717) is 0 Å². The normalized spacial score (nSPS) is 10.2. The van der Waals surface area contributed by atoms with Crippen LogP contribution in [0.25, 0.3) is 10.8 Å². The summed E-state index contributed by atoms with van der Waals surface area (Å²) < 4.78 is 0. The van der Waals surface area contributed by atoms with E-state index in [-0.39, 0.29) is 0 Å². The van der Waals surface area contributed by atoms with E-state index in [1.807, 2.05) is 6.07 Å². The number of aryl methyl sites for hydroxylation is 1. The van der Waals surface area contributed by atoms with E-state index in [4.69, 9.17) is 6.42 Å². The molecule has 0 aliphatic carbocycles. The highest BCUT2D eigenvalue weighted by Crippen LogP contribution is 2.23. The van der Waals surface area contributed by atoms with Gasteiger partial charge in [0.2, 0.25) is 0 Å². The molecule has 0 saturated heterocycles. The van der Waals surface area contributed by atoms with Crippen molar-refractivity contribution < 1.29 is 0 Å². The van der Waals surface area contributed by atoms with Crippen molar-refractivity contribution in [2.24, 2.45) is 0 Å². The monoisotopic (exact) mass is 208 g/mol. The summed E-state index contributed by atoms with van der Waals surface area (Å²) >= 11 is 0. The van der Waals surface area contributed by atoms with Crippen LogP contribution in [0.5, 0.6) is 0 Å². The van der Waals surface area contributed by atoms with E-state index in [0.717, 1.165) is 12.0 Å². The Morgan fingerprint density at radius 2 is 1.81 bits per heavy atom. The smallest absolute Gasteiger partial charge is 0.0321 e. The molecule has 0 N–H and O–H groups in total. The number of hydrogen-bond acceptors (Lipinski definition) is 0. The van der Waals surface area contributed by atoms with Gasteiger partial charge in [-0.1, -0.05) is 49.6 Å². The summed E-state index contributed by atoms with van der Waals surface area (Å²) in [6, 6.07) is 12.6. The van der Waals surface area contributed by atoms with Crippen LogP contribution in [-0.4, -0.2) is 0 Å². The quantitative estimate of drug-likeness (QED) is 0.664. The molecule has 2 aromatic rings. The predicted molar refractivity (Wildman–Crippen MR) is 70.5 cm³/mol. The van der Waals surface area contributed by atoms with E-state index in [1.54, 1.807) is 0 Å². The third kappa shape index (κ3) is 1.95. The molecule has 0 aliphatic heterocycles. The van der Waals surface area contributed by atoms with E-state index in [1.165, 1.54) is 29.2 Å². The molecule has 16 heavy (non-hydrogen) atoms. The molecule has 0 unspecified atom stereocenters. The van der Waals surface area contributed by atoms with Gasteiger partial charge in [0.05, 0.1) is 0 Å². The molecule has 2 aromatic carbocycles. The first-order chi connectivity index (χ1) is 7.86. The molecule has 0 saturated carbocycles. The van der Waals surface area contributed by atoms with Crippen molar-refractivity contribution in [3.63, 3.8) is 0 Å². The van der Waals surface area contributed by atoms with Gasteiger partial charge >= 0.3 is 0 Å². The Kier molecular flexibility index (Phi) is 3.27. The number of hydrogen-bond donors (Lipinski definition) is 0. The van der Waals surface area contributed by atoms with Crippen molar-refractivity contribution in [3.05, 3.63) is 47.5 Å². The Morgan fingerprint density at radius 3 is 2.50 bits per heavy atom. The average molecular weight is 208 g/mol. The highest BCUT2D eigenvalue weighted by Gasteiger charge is 2.03. The summed E-state index contributed by atoms with van der Waals surface area (Å²) in [5.41, 5.74) is 2.41. The number of unbranched alkanes of at least 4 members (excludes halogenated alkanes) is 1. The zero-order valence-electron chi connectivity index (χ0n) is 9.66. The molecule has 0 fully saturated rings. The fourth-order valence-electron chi connectivity index (χ4n) is 2.07. The van der Waals surface area contributed by atoms with Crippen LogP contribution in [-0.2, 0) is 6.42 Å². The summed E-state index contributed by atoms with van der Waals surface area (Å²) in [6.45, 7) is 2.22. The van der Waals surface area contributed by atoms with Gasteiger partial charge in [-0.05, 0) is 35.2 Å². The largest absolute Gasteiger partial charge is 0.115 e. The zero-order chi connectivity index (χ0) is 11.4. The van der Waals surface area contributed by atoms with Crippen molar-refractivity contribution in [2.45, 2.75) is 26.2 Å². The van der Waals surface area contributed by atoms with Crippen molar-refractivity contribution >= 4 is 10.8 Å². The van der Waals surface area contributed by atoms with E-state index >= 15 is 0 Å². The highest BCUT2D eigenvalue weighted by molar-refractivity contribution is 5.90. The molecule has 0 bridgehead atoms. The lowest BCUT2D eigenvalue weighted by atomic mass is 9.97. The number of rotatable bonds is 3. The van der Waals surface area contributed by atoms with E-state index in [9.17, 15) is 0 Å². The summed E-state index contributed by atoms with van der Waals surface area (Å²) in [4.78, 5) is 0. The molecule has 0 radical (unpaired) electrons. The summed E-state index contributed by atoms with van der Waals surface area (Å²) in [7, 11) is 0. The lowest BCUT2D eigenvalue weighted by molar-refractivity contribution is 0.799. The Labute approximate surface area is 97.3 Å². The fourth-order valence-corrected chi connectivity index (χ4v) is 2.07.